The van der Waals surface area contributed by atoms with E-state index in [1.807, 2.05) is 6.92 Å². The SMILES string of the molecule is CCN(C(=O)CC(=O)OC)C1CCNC1. The second-order valence-corrected chi connectivity index (χ2v) is 3.58. The smallest absolute Gasteiger partial charge is 0.315 e. The molecular formula is C10H18N2O3. The lowest BCUT2D eigenvalue weighted by molar-refractivity contribution is -0.147. The summed E-state index contributed by atoms with van der Waals surface area (Å²) in [5, 5.41) is 3.20. The van der Waals surface area contributed by atoms with Crippen LogP contribution in [0.25, 0.3) is 0 Å². The van der Waals surface area contributed by atoms with Gasteiger partial charge in [-0.15, -0.1) is 0 Å². The molecule has 1 unspecified atom stereocenters. The standard InChI is InChI=1S/C10H18N2O3/c1-3-12(8-4-5-11-7-8)9(13)6-10(14)15-2/h8,11H,3-7H2,1-2H3. The van der Waals surface area contributed by atoms with Gasteiger partial charge >= 0.3 is 5.97 Å². The van der Waals surface area contributed by atoms with Crippen molar-refractivity contribution in [1.82, 2.24) is 10.2 Å². The van der Waals surface area contributed by atoms with Crippen LogP contribution in [0.15, 0.2) is 0 Å². The minimum Gasteiger partial charge on any atom is -0.469 e. The van der Waals surface area contributed by atoms with E-state index in [1.165, 1.54) is 7.11 Å². The van der Waals surface area contributed by atoms with Crippen molar-refractivity contribution >= 4 is 11.9 Å². The number of likely N-dealkylation sites (N-methyl/N-ethyl adjacent to an activating group) is 1. The predicted octanol–water partition coefficient (Wildman–Crippen LogP) is -0.240. The molecule has 5 heteroatoms. The normalized spacial score (nSPS) is 20.0. The maximum atomic E-state index is 11.7. The van der Waals surface area contributed by atoms with Gasteiger partial charge in [-0.1, -0.05) is 0 Å². The van der Waals surface area contributed by atoms with E-state index in [4.69, 9.17) is 0 Å². The molecule has 1 saturated heterocycles. The van der Waals surface area contributed by atoms with Gasteiger partial charge in [-0.3, -0.25) is 9.59 Å². The number of carbonyl (C=O) groups excluding carboxylic acids is 2. The van der Waals surface area contributed by atoms with Gasteiger partial charge in [0.2, 0.25) is 5.91 Å². The Morgan fingerprint density at radius 1 is 1.53 bits per heavy atom. The largest absolute Gasteiger partial charge is 0.469 e. The van der Waals surface area contributed by atoms with Crippen molar-refractivity contribution in [3.8, 4) is 0 Å². The quantitative estimate of drug-likeness (QED) is 0.518. The molecule has 1 atom stereocenters. The Hall–Kier alpha value is -1.10. The van der Waals surface area contributed by atoms with Crippen molar-refractivity contribution in [1.29, 1.82) is 0 Å². The fourth-order valence-corrected chi connectivity index (χ4v) is 1.84. The number of carbonyl (C=O) groups is 2. The van der Waals surface area contributed by atoms with Crippen LogP contribution in [0.5, 0.6) is 0 Å². The van der Waals surface area contributed by atoms with Gasteiger partial charge in [-0.25, -0.2) is 0 Å². The molecule has 1 aliphatic heterocycles. The van der Waals surface area contributed by atoms with Crippen LogP contribution in [0.1, 0.15) is 19.8 Å². The highest BCUT2D eigenvalue weighted by molar-refractivity contribution is 5.94. The number of esters is 1. The summed E-state index contributed by atoms with van der Waals surface area (Å²) in [4.78, 5) is 24.4. The van der Waals surface area contributed by atoms with E-state index in [1.54, 1.807) is 4.90 Å². The Morgan fingerprint density at radius 2 is 2.27 bits per heavy atom. The number of methoxy groups -OCH3 is 1. The highest BCUT2D eigenvalue weighted by Gasteiger charge is 2.26. The average Bonchev–Trinajstić information content (AvgIpc) is 2.72. The Kier molecular flexibility index (Phi) is 4.55. The van der Waals surface area contributed by atoms with Crippen LogP contribution in [0.4, 0.5) is 0 Å². The van der Waals surface area contributed by atoms with E-state index in [-0.39, 0.29) is 18.4 Å². The summed E-state index contributed by atoms with van der Waals surface area (Å²) in [5.41, 5.74) is 0. The fourth-order valence-electron chi connectivity index (χ4n) is 1.84. The summed E-state index contributed by atoms with van der Waals surface area (Å²) < 4.78 is 4.48. The zero-order chi connectivity index (χ0) is 11.3. The Balaban J connectivity index is 2.49. The fraction of sp³-hybridized carbons (Fsp3) is 0.800. The Labute approximate surface area is 89.8 Å². The minimum absolute atomic E-state index is 0.141. The lowest BCUT2D eigenvalue weighted by Crippen LogP contribution is -2.42. The van der Waals surface area contributed by atoms with Crippen LogP contribution in [0.2, 0.25) is 0 Å². The van der Waals surface area contributed by atoms with Gasteiger partial charge in [0.25, 0.3) is 0 Å². The molecule has 0 saturated carbocycles. The third-order valence-corrected chi connectivity index (χ3v) is 2.66. The summed E-state index contributed by atoms with van der Waals surface area (Å²) in [6.45, 7) is 4.32. The summed E-state index contributed by atoms with van der Waals surface area (Å²) in [5.74, 6) is -0.609. The molecule has 1 rings (SSSR count). The van der Waals surface area contributed by atoms with Gasteiger partial charge in [0.05, 0.1) is 7.11 Å². The van der Waals surface area contributed by atoms with E-state index in [9.17, 15) is 9.59 Å². The number of hydrogen-bond acceptors (Lipinski definition) is 4. The zero-order valence-electron chi connectivity index (χ0n) is 9.28. The molecule has 0 aromatic rings. The molecule has 5 nitrogen and oxygen atoms in total. The highest BCUT2D eigenvalue weighted by Crippen LogP contribution is 2.09. The van der Waals surface area contributed by atoms with Gasteiger partial charge in [0, 0.05) is 19.1 Å². The first-order chi connectivity index (χ1) is 7.19. The number of hydrogen-bond donors (Lipinski definition) is 1. The van der Waals surface area contributed by atoms with Crippen LogP contribution >= 0.6 is 0 Å². The van der Waals surface area contributed by atoms with E-state index in [0.717, 1.165) is 19.5 Å². The predicted molar refractivity (Wildman–Crippen MR) is 55.3 cm³/mol. The maximum Gasteiger partial charge on any atom is 0.315 e. The molecular weight excluding hydrogens is 196 g/mol. The van der Waals surface area contributed by atoms with Crippen molar-refractivity contribution in [2.45, 2.75) is 25.8 Å². The van der Waals surface area contributed by atoms with Crippen molar-refractivity contribution in [2.24, 2.45) is 0 Å². The molecule has 1 amide bonds. The number of ether oxygens (including phenoxy) is 1. The Morgan fingerprint density at radius 3 is 2.73 bits per heavy atom. The first kappa shape index (κ1) is 12.0. The van der Waals surface area contributed by atoms with Crippen LogP contribution < -0.4 is 5.32 Å². The topological polar surface area (TPSA) is 58.6 Å². The molecule has 86 valence electrons. The molecule has 1 heterocycles. The average molecular weight is 214 g/mol. The summed E-state index contributed by atoms with van der Waals surface area (Å²) in [6, 6.07) is 0.229. The number of amides is 1. The van der Waals surface area contributed by atoms with Gasteiger partial charge in [0.15, 0.2) is 0 Å². The van der Waals surface area contributed by atoms with Crippen molar-refractivity contribution < 1.29 is 14.3 Å². The third kappa shape index (κ3) is 3.20. The molecule has 1 N–H and O–H groups in total. The van der Waals surface area contributed by atoms with Gasteiger partial charge in [-0.05, 0) is 19.9 Å². The monoisotopic (exact) mass is 214 g/mol. The molecule has 1 aliphatic rings. The number of nitrogens with zero attached hydrogens (tertiary/aromatic N) is 1. The molecule has 0 aromatic carbocycles. The Bertz CT molecular complexity index is 237. The van der Waals surface area contributed by atoms with Crippen LogP contribution in [-0.4, -0.2) is 49.6 Å². The first-order valence-electron chi connectivity index (χ1n) is 5.26. The lowest BCUT2D eigenvalue weighted by Gasteiger charge is -2.26. The van der Waals surface area contributed by atoms with Crippen molar-refractivity contribution in [3.63, 3.8) is 0 Å². The van der Waals surface area contributed by atoms with Crippen LogP contribution in [0, 0.1) is 0 Å². The third-order valence-electron chi connectivity index (χ3n) is 2.66. The first-order valence-corrected chi connectivity index (χ1v) is 5.26. The van der Waals surface area contributed by atoms with Gasteiger partial charge < -0.3 is 15.0 Å². The summed E-state index contributed by atoms with van der Waals surface area (Å²) in [6.07, 6.45) is 0.807. The summed E-state index contributed by atoms with van der Waals surface area (Å²) >= 11 is 0. The van der Waals surface area contributed by atoms with Gasteiger partial charge in [-0.2, -0.15) is 0 Å². The van der Waals surface area contributed by atoms with Crippen molar-refractivity contribution in [3.05, 3.63) is 0 Å². The molecule has 0 spiro atoms. The molecule has 0 bridgehead atoms. The lowest BCUT2D eigenvalue weighted by atomic mass is 10.2. The van der Waals surface area contributed by atoms with E-state index >= 15 is 0 Å². The molecule has 0 aromatic heterocycles. The van der Waals surface area contributed by atoms with Crippen molar-refractivity contribution in [2.75, 3.05) is 26.7 Å². The number of rotatable bonds is 4. The van der Waals surface area contributed by atoms with Crippen LogP contribution in [-0.2, 0) is 14.3 Å². The van der Waals surface area contributed by atoms with E-state index in [2.05, 4.69) is 10.1 Å². The van der Waals surface area contributed by atoms with Gasteiger partial charge in [0.1, 0.15) is 6.42 Å². The second kappa shape index (κ2) is 5.70. The molecule has 1 fully saturated rings. The molecule has 15 heavy (non-hydrogen) atoms. The summed E-state index contributed by atoms with van der Waals surface area (Å²) in [7, 11) is 1.29. The number of nitrogens with one attached hydrogen (secondary N) is 1. The zero-order valence-corrected chi connectivity index (χ0v) is 9.28. The molecule has 0 radical (unpaired) electrons. The highest BCUT2D eigenvalue weighted by atomic mass is 16.5. The second-order valence-electron chi connectivity index (χ2n) is 3.58. The maximum absolute atomic E-state index is 11.7. The van der Waals surface area contributed by atoms with E-state index in [0.29, 0.717) is 6.54 Å². The molecule has 0 aliphatic carbocycles. The van der Waals surface area contributed by atoms with E-state index < -0.39 is 5.97 Å². The van der Waals surface area contributed by atoms with Crippen LogP contribution in [0.3, 0.4) is 0 Å². The minimum atomic E-state index is -0.468.